The summed E-state index contributed by atoms with van der Waals surface area (Å²) in [6.07, 6.45) is 4.30. The summed E-state index contributed by atoms with van der Waals surface area (Å²) in [5.74, 6) is 1.04. The summed E-state index contributed by atoms with van der Waals surface area (Å²) >= 11 is 0. The topological polar surface area (TPSA) is 107 Å². The Balaban J connectivity index is 1.45. The van der Waals surface area contributed by atoms with Crippen LogP contribution in [0.4, 0.5) is 22.0 Å². The van der Waals surface area contributed by atoms with Crippen LogP contribution in [0.5, 0.6) is 0 Å². The zero-order chi connectivity index (χ0) is 19.1. The van der Waals surface area contributed by atoms with Gasteiger partial charge in [0.1, 0.15) is 0 Å². The van der Waals surface area contributed by atoms with Crippen LogP contribution >= 0.6 is 0 Å². The molecule has 0 saturated heterocycles. The van der Waals surface area contributed by atoms with Gasteiger partial charge in [-0.25, -0.2) is 14.4 Å². The number of aromatic amines is 2. The van der Waals surface area contributed by atoms with Crippen molar-refractivity contribution in [1.82, 2.24) is 30.1 Å². The van der Waals surface area contributed by atoms with E-state index < -0.39 is 5.82 Å². The van der Waals surface area contributed by atoms with Crippen molar-refractivity contribution >= 4 is 28.6 Å². The standard InChI is InChI=1S/C19H19FN8/c1-21-19-24-15(7-10-2-5-12-14(6-10)23-9-22-12)17(20)18(26-19)25-16-8-13(27-28-16)11-3-4-11/h2,5-6,8-9,11H,3-4,7H2,1H3,(H,22,23)(H3,21,24,25,26,27,28). The average Bonchev–Trinajstić information content (AvgIpc) is 3.27. The lowest BCUT2D eigenvalue weighted by molar-refractivity contribution is 0.602. The first-order chi connectivity index (χ1) is 13.7. The second-order valence-electron chi connectivity index (χ2n) is 6.95. The minimum atomic E-state index is -0.489. The number of nitrogens with zero attached hydrogens (tertiary/aromatic N) is 4. The third-order valence-corrected chi connectivity index (χ3v) is 4.86. The van der Waals surface area contributed by atoms with Crippen molar-refractivity contribution in [2.24, 2.45) is 0 Å². The van der Waals surface area contributed by atoms with Gasteiger partial charge in [-0.05, 0) is 30.5 Å². The molecule has 1 saturated carbocycles. The van der Waals surface area contributed by atoms with Crippen LogP contribution in [-0.2, 0) is 6.42 Å². The molecule has 5 rings (SSSR count). The molecule has 3 aromatic heterocycles. The van der Waals surface area contributed by atoms with Gasteiger partial charge < -0.3 is 15.6 Å². The van der Waals surface area contributed by atoms with Crippen LogP contribution in [0.25, 0.3) is 11.0 Å². The monoisotopic (exact) mass is 378 g/mol. The van der Waals surface area contributed by atoms with E-state index in [0.717, 1.165) is 35.1 Å². The van der Waals surface area contributed by atoms with Gasteiger partial charge in [0.05, 0.1) is 23.1 Å². The van der Waals surface area contributed by atoms with Gasteiger partial charge >= 0.3 is 0 Å². The molecule has 3 heterocycles. The summed E-state index contributed by atoms with van der Waals surface area (Å²) in [5, 5.41) is 13.1. The first-order valence-corrected chi connectivity index (χ1v) is 9.18. The van der Waals surface area contributed by atoms with Crippen molar-refractivity contribution in [1.29, 1.82) is 0 Å². The van der Waals surface area contributed by atoms with Crippen LogP contribution in [0.15, 0.2) is 30.6 Å². The molecule has 0 unspecified atom stereocenters. The maximum atomic E-state index is 15.1. The molecule has 1 aliphatic rings. The van der Waals surface area contributed by atoms with Crippen LogP contribution in [0, 0.1) is 5.82 Å². The van der Waals surface area contributed by atoms with Gasteiger partial charge in [0.2, 0.25) is 5.95 Å². The molecule has 0 spiro atoms. The minimum Gasteiger partial charge on any atom is -0.357 e. The predicted octanol–water partition coefficient (Wildman–Crippen LogP) is 3.47. The molecule has 0 amide bonds. The normalized spacial score (nSPS) is 13.8. The van der Waals surface area contributed by atoms with Gasteiger partial charge in [-0.15, -0.1) is 0 Å². The highest BCUT2D eigenvalue weighted by Gasteiger charge is 2.26. The molecular formula is C19H19FN8. The molecule has 0 radical (unpaired) electrons. The van der Waals surface area contributed by atoms with E-state index in [2.05, 4.69) is 40.8 Å². The second-order valence-corrected chi connectivity index (χ2v) is 6.95. The number of anilines is 3. The van der Waals surface area contributed by atoms with E-state index in [9.17, 15) is 0 Å². The van der Waals surface area contributed by atoms with E-state index in [-0.39, 0.29) is 5.82 Å². The summed E-state index contributed by atoms with van der Waals surface area (Å²) in [5.41, 5.74) is 4.06. The van der Waals surface area contributed by atoms with E-state index in [1.54, 1.807) is 13.4 Å². The van der Waals surface area contributed by atoms with Crippen molar-refractivity contribution in [3.8, 4) is 0 Å². The number of rotatable bonds is 6. The third kappa shape index (κ3) is 3.15. The number of hydrogen-bond acceptors (Lipinski definition) is 6. The van der Waals surface area contributed by atoms with Crippen molar-refractivity contribution in [2.45, 2.75) is 25.2 Å². The SMILES string of the molecule is CNc1nc(Cc2ccc3[nH]cnc3c2)c(F)c(Nc2cc(C3CC3)[nH]n2)n1. The average molecular weight is 378 g/mol. The molecule has 9 heteroatoms. The Kier molecular flexibility index (Phi) is 3.92. The first kappa shape index (κ1) is 16.7. The smallest absolute Gasteiger partial charge is 0.224 e. The molecule has 0 bridgehead atoms. The second kappa shape index (κ2) is 6.59. The highest BCUT2D eigenvalue weighted by molar-refractivity contribution is 5.75. The highest BCUT2D eigenvalue weighted by Crippen LogP contribution is 2.39. The molecule has 1 aromatic carbocycles. The third-order valence-electron chi connectivity index (χ3n) is 4.86. The molecule has 4 N–H and O–H groups in total. The van der Waals surface area contributed by atoms with Crippen LogP contribution in [0.3, 0.4) is 0 Å². The van der Waals surface area contributed by atoms with Crippen LogP contribution in [-0.4, -0.2) is 37.2 Å². The lowest BCUT2D eigenvalue weighted by Crippen LogP contribution is -2.08. The van der Waals surface area contributed by atoms with Crippen LogP contribution in [0.1, 0.15) is 35.7 Å². The van der Waals surface area contributed by atoms with Crippen molar-refractivity contribution in [3.05, 3.63) is 53.4 Å². The zero-order valence-corrected chi connectivity index (χ0v) is 15.3. The van der Waals surface area contributed by atoms with Crippen LogP contribution in [0.2, 0.25) is 0 Å². The number of aromatic nitrogens is 6. The quantitative estimate of drug-likeness (QED) is 0.409. The maximum Gasteiger partial charge on any atom is 0.224 e. The van der Waals surface area contributed by atoms with Gasteiger partial charge in [0.25, 0.3) is 0 Å². The van der Waals surface area contributed by atoms with E-state index in [1.807, 2.05) is 24.3 Å². The lowest BCUT2D eigenvalue weighted by atomic mass is 10.1. The summed E-state index contributed by atoms with van der Waals surface area (Å²) in [6, 6.07) is 7.69. The molecule has 1 aliphatic carbocycles. The molecule has 4 aromatic rings. The molecule has 8 nitrogen and oxygen atoms in total. The Hall–Kier alpha value is -3.49. The van der Waals surface area contributed by atoms with Gasteiger partial charge in [-0.3, -0.25) is 5.10 Å². The van der Waals surface area contributed by atoms with Gasteiger partial charge in [-0.2, -0.15) is 10.1 Å². The Bertz CT molecular complexity index is 1140. The Labute approximate surface area is 160 Å². The van der Waals surface area contributed by atoms with Gasteiger partial charge in [0, 0.05) is 31.1 Å². The number of benzene rings is 1. The van der Waals surface area contributed by atoms with Gasteiger partial charge in [-0.1, -0.05) is 6.07 Å². The number of H-pyrrole nitrogens is 2. The summed E-state index contributed by atoms with van der Waals surface area (Å²) < 4.78 is 15.1. The summed E-state index contributed by atoms with van der Waals surface area (Å²) in [7, 11) is 1.70. The van der Waals surface area contributed by atoms with Crippen molar-refractivity contribution in [2.75, 3.05) is 17.7 Å². The fourth-order valence-corrected chi connectivity index (χ4v) is 3.21. The highest BCUT2D eigenvalue weighted by atomic mass is 19.1. The number of halogens is 1. The zero-order valence-electron chi connectivity index (χ0n) is 15.3. The Morgan fingerprint density at radius 3 is 2.93 bits per heavy atom. The fraction of sp³-hybridized carbons (Fsp3) is 0.263. The molecule has 0 atom stereocenters. The maximum absolute atomic E-state index is 15.1. The Morgan fingerprint density at radius 2 is 2.11 bits per heavy atom. The van der Waals surface area contributed by atoms with Crippen LogP contribution < -0.4 is 10.6 Å². The van der Waals surface area contributed by atoms with E-state index >= 15 is 4.39 Å². The minimum absolute atomic E-state index is 0.101. The number of fused-ring (bicyclic) bond motifs is 1. The van der Waals surface area contributed by atoms with Crippen molar-refractivity contribution in [3.63, 3.8) is 0 Å². The lowest BCUT2D eigenvalue weighted by Gasteiger charge is -2.10. The van der Waals surface area contributed by atoms with E-state index in [4.69, 9.17) is 0 Å². The van der Waals surface area contributed by atoms with Crippen molar-refractivity contribution < 1.29 is 4.39 Å². The number of hydrogen-bond donors (Lipinski definition) is 4. The number of imidazole rings is 1. The predicted molar refractivity (Wildman–Crippen MR) is 104 cm³/mol. The summed E-state index contributed by atoms with van der Waals surface area (Å²) in [4.78, 5) is 15.8. The van der Waals surface area contributed by atoms with E-state index in [0.29, 0.717) is 29.8 Å². The molecule has 1 fully saturated rings. The van der Waals surface area contributed by atoms with Gasteiger partial charge in [0.15, 0.2) is 17.5 Å². The Morgan fingerprint density at radius 1 is 1.21 bits per heavy atom. The fourth-order valence-electron chi connectivity index (χ4n) is 3.21. The van der Waals surface area contributed by atoms with E-state index in [1.165, 1.54) is 0 Å². The summed E-state index contributed by atoms with van der Waals surface area (Å²) in [6.45, 7) is 0. The largest absolute Gasteiger partial charge is 0.357 e. The molecule has 142 valence electrons. The first-order valence-electron chi connectivity index (χ1n) is 9.18. The number of nitrogens with one attached hydrogen (secondary N) is 4. The molecular weight excluding hydrogens is 359 g/mol. The molecule has 0 aliphatic heterocycles. The molecule has 28 heavy (non-hydrogen) atoms.